The maximum absolute atomic E-state index is 12.5. The third-order valence-corrected chi connectivity index (χ3v) is 4.09. The van der Waals surface area contributed by atoms with Gasteiger partial charge in [-0.15, -0.1) is 0 Å². The van der Waals surface area contributed by atoms with Crippen molar-refractivity contribution in [1.82, 2.24) is 14.6 Å². The summed E-state index contributed by atoms with van der Waals surface area (Å²) in [6, 6.07) is 10.7. The van der Waals surface area contributed by atoms with Crippen LogP contribution in [0.3, 0.4) is 0 Å². The van der Waals surface area contributed by atoms with E-state index in [-0.39, 0.29) is 0 Å². The molecule has 128 valence electrons. The van der Waals surface area contributed by atoms with Crippen molar-refractivity contribution in [2.75, 3.05) is 31.2 Å². The van der Waals surface area contributed by atoms with Gasteiger partial charge in [-0.05, 0) is 19.1 Å². The molecule has 1 aliphatic heterocycles. The van der Waals surface area contributed by atoms with Crippen LogP contribution in [-0.2, 0) is 4.74 Å². The van der Waals surface area contributed by atoms with Crippen LogP contribution in [0.2, 0.25) is 0 Å². The van der Waals surface area contributed by atoms with Crippen LogP contribution in [0.1, 0.15) is 16.2 Å². The molecule has 25 heavy (non-hydrogen) atoms. The molecule has 1 fully saturated rings. The van der Waals surface area contributed by atoms with E-state index in [4.69, 9.17) is 9.47 Å². The molecule has 0 saturated carbocycles. The Kier molecular flexibility index (Phi) is 4.07. The first-order chi connectivity index (χ1) is 12.2. The molecule has 3 heterocycles. The average molecular weight is 338 g/mol. The second kappa shape index (κ2) is 6.52. The fourth-order valence-electron chi connectivity index (χ4n) is 2.92. The number of morpholine rings is 1. The number of carbonyl (C=O) groups excluding carboxylic acids is 1. The standard InChI is InChI=1S/C18H18N4O3/c1-13-19-17-16(21-9-11-24-12-10-21)15(7-8-22(17)20-13)25-18(23)14-5-3-2-4-6-14/h2-8H,9-12H2,1H3. The molecule has 7 nitrogen and oxygen atoms in total. The summed E-state index contributed by atoms with van der Waals surface area (Å²) in [5, 5.41) is 4.35. The van der Waals surface area contributed by atoms with E-state index in [0.717, 1.165) is 5.69 Å². The number of esters is 1. The van der Waals surface area contributed by atoms with Gasteiger partial charge < -0.3 is 14.4 Å². The lowest BCUT2D eigenvalue weighted by Crippen LogP contribution is -2.37. The van der Waals surface area contributed by atoms with Crippen LogP contribution in [0.4, 0.5) is 5.69 Å². The zero-order valence-electron chi connectivity index (χ0n) is 13.9. The second-order valence-electron chi connectivity index (χ2n) is 5.81. The van der Waals surface area contributed by atoms with Crippen molar-refractivity contribution in [3.8, 4) is 5.75 Å². The molecule has 0 radical (unpaired) electrons. The summed E-state index contributed by atoms with van der Waals surface area (Å²) in [5.74, 6) is 0.757. The first-order valence-corrected chi connectivity index (χ1v) is 8.18. The topological polar surface area (TPSA) is 69.0 Å². The van der Waals surface area contributed by atoms with Gasteiger partial charge in [0.05, 0.1) is 18.8 Å². The van der Waals surface area contributed by atoms with Gasteiger partial charge in [0.1, 0.15) is 11.5 Å². The van der Waals surface area contributed by atoms with Crippen LogP contribution in [0.15, 0.2) is 42.6 Å². The Balaban J connectivity index is 1.75. The van der Waals surface area contributed by atoms with Crippen LogP contribution in [0.25, 0.3) is 5.65 Å². The quantitative estimate of drug-likeness (QED) is 0.681. The zero-order valence-corrected chi connectivity index (χ0v) is 13.9. The van der Waals surface area contributed by atoms with Crippen molar-refractivity contribution in [3.05, 3.63) is 54.0 Å². The van der Waals surface area contributed by atoms with E-state index in [1.165, 1.54) is 0 Å². The Hall–Kier alpha value is -2.93. The lowest BCUT2D eigenvalue weighted by molar-refractivity contribution is 0.0734. The molecule has 1 aliphatic rings. The van der Waals surface area contributed by atoms with E-state index in [2.05, 4.69) is 15.0 Å². The third kappa shape index (κ3) is 3.06. The molecule has 0 N–H and O–H groups in total. The van der Waals surface area contributed by atoms with Gasteiger partial charge in [-0.3, -0.25) is 0 Å². The Morgan fingerprint density at radius 1 is 1.16 bits per heavy atom. The highest BCUT2D eigenvalue weighted by molar-refractivity contribution is 5.92. The molecule has 4 rings (SSSR count). The van der Waals surface area contributed by atoms with Gasteiger partial charge in [0.25, 0.3) is 0 Å². The van der Waals surface area contributed by atoms with Crippen molar-refractivity contribution >= 4 is 17.3 Å². The van der Waals surface area contributed by atoms with E-state index < -0.39 is 5.97 Å². The van der Waals surface area contributed by atoms with Gasteiger partial charge in [-0.1, -0.05) is 18.2 Å². The monoisotopic (exact) mass is 338 g/mol. The maximum Gasteiger partial charge on any atom is 0.343 e. The van der Waals surface area contributed by atoms with E-state index in [1.807, 2.05) is 25.1 Å². The number of nitrogens with zero attached hydrogens (tertiary/aromatic N) is 4. The molecular formula is C18H18N4O3. The van der Waals surface area contributed by atoms with Crippen molar-refractivity contribution in [3.63, 3.8) is 0 Å². The molecule has 3 aromatic rings. The van der Waals surface area contributed by atoms with Crippen LogP contribution in [0.5, 0.6) is 5.75 Å². The van der Waals surface area contributed by atoms with Crippen LogP contribution in [-0.4, -0.2) is 46.9 Å². The molecule has 0 spiro atoms. The van der Waals surface area contributed by atoms with Crippen molar-refractivity contribution in [1.29, 1.82) is 0 Å². The number of benzene rings is 1. The summed E-state index contributed by atoms with van der Waals surface area (Å²) in [4.78, 5) is 19.1. The second-order valence-corrected chi connectivity index (χ2v) is 5.81. The van der Waals surface area contributed by atoms with Gasteiger partial charge in [0, 0.05) is 25.4 Å². The lowest BCUT2D eigenvalue weighted by Gasteiger charge is -2.30. The molecular weight excluding hydrogens is 320 g/mol. The van der Waals surface area contributed by atoms with Gasteiger partial charge in [0.2, 0.25) is 0 Å². The Bertz CT molecular complexity index is 901. The fraction of sp³-hybridized carbons (Fsp3) is 0.278. The smallest absolute Gasteiger partial charge is 0.343 e. The minimum absolute atomic E-state index is 0.393. The van der Waals surface area contributed by atoms with Crippen molar-refractivity contribution < 1.29 is 14.3 Å². The van der Waals surface area contributed by atoms with E-state index in [9.17, 15) is 4.79 Å². The SMILES string of the molecule is Cc1nc2c(N3CCOCC3)c(OC(=O)c3ccccc3)ccn2n1. The average Bonchev–Trinajstić information content (AvgIpc) is 3.03. The minimum atomic E-state index is -0.393. The van der Waals surface area contributed by atoms with Crippen LogP contribution >= 0.6 is 0 Å². The number of aryl methyl sites for hydroxylation is 1. The molecule has 1 aromatic carbocycles. The molecule has 0 atom stereocenters. The summed E-state index contributed by atoms with van der Waals surface area (Å²) in [5.41, 5.74) is 1.96. The Labute approximate surface area is 144 Å². The predicted octanol–water partition coefficient (Wildman–Crippen LogP) is 2.09. The zero-order chi connectivity index (χ0) is 17.2. The van der Waals surface area contributed by atoms with Crippen molar-refractivity contribution in [2.45, 2.75) is 6.92 Å². The highest BCUT2D eigenvalue weighted by atomic mass is 16.5. The van der Waals surface area contributed by atoms with Gasteiger partial charge in [-0.25, -0.2) is 14.3 Å². The Morgan fingerprint density at radius 3 is 2.68 bits per heavy atom. The maximum atomic E-state index is 12.5. The molecule has 0 amide bonds. The number of fused-ring (bicyclic) bond motifs is 1. The van der Waals surface area contributed by atoms with Crippen LogP contribution in [0, 0.1) is 6.92 Å². The number of hydrogen-bond acceptors (Lipinski definition) is 6. The molecule has 0 unspecified atom stereocenters. The summed E-state index contributed by atoms with van der Waals surface area (Å²) in [7, 11) is 0. The molecule has 0 aliphatic carbocycles. The molecule has 7 heteroatoms. The molecule has 1 saturated heterocycles. The number of rotatable bonds is 3. The van der Waals surface area contributed by atoms with Gasteiger partial charge in [0.15, 0.2) is 11.4 Å². The number of aromatic nitrogens is 3. The third-order valence-electron chi connectivity index (χ3n) is 4.09. The summed E-state index contributed by atoms with van der Waals surface area (Å²) in [6.07, 6.45) is 1.76. The fourth-order valence-corrected chi connectivity index (χ4v) is 2.92. The number of carbonyl (C=O) groups is 1. The predicted molar refractivity (Wildman–Crippen MR) is 92.2 cm³/mol. The van der Waals surface area contributed by atoms with E-state index in [0.29, 0.717) is 49.1 Å². The highest BCUT2D eigenvalue weighted by Gasteiger charge is 2.23. The van der Waals surface area contributed by atoms with Crippen LogP contribution < -0.4 is 9.64 Å². The lowest BCUT2D eigenvalue weighted by atomic mass is 10.2. The largest absolute Gasteiger partial charge is 0.420 e. The highest BCUT2D eigenvalue weighted by Crippen LogP contribution is 2.33. The molecule has 2 aromatic heterocycles. The van der Waals surface area contributed by atoms with Crippen molar-refractivity contribution in [2.24, 2.45) is 0 Å². The number of pyridine rings is 1. The van der Waals surface area contributed by atoms with E-state index in [1.54, 1.807) is 28.9 Å². The molecule has 0 bridgehead atoms. The number of anilines is 1. The van der Waals surface area contributed by atoms with Gasteiger partial charge >= 0.3 is 5.97 Å². The summed E-state index contributed by atoms with van der Waals surface area (Å²) < 4.78 is 12.8. The summed E-state index contributed by atoms with van der Waals surface area (Å²) >= 11 is 0. The van der Waals surface area contributed by atoms with E-state index >= 15 is 0 Å². The number of ether oxygens (including phenoxy) is 2. The normalized spacial score (nSPS) is 14.7. The number of hydrogen-bond donors (Lipinski definition) is 0. The van der Waals surface area contributed by atoms with Gasteiger partial charge in [-0.2, -0.15) is 5.10 Å². The first kappa shape index (κ1) is 15.6. The minimum Gasteiger partial charge on any atom is -0.420 e. The summed E-state index contributed by atoms with van der Waals surface area (Å²) in [6.45, 7) is 4.51. The Morgan fingerprint density at radius 2 is 1.92 bits per heavy atom. The first-order valence-electron chi connectivity index (χ1n) is 8.18.